The van der Waals surface area contributed by atoms with Gasteiger partial charge in [0.15, 0.2) is 0 Å². The standard InChI is InChI=1S/C23H20N2O3/c26-19(24-18-7-3-5-12-4-1-2-6-13(12)18)11-25-22(27)20-14-8-9-15(17-10-16(14)17)21(20)23(25)28/h1-9,14-17,20-21H,10-11H2,(H,24,26). The third kappa shape index (κ3) is 2.10. The van der Waals surface area contributed by atoms with Gasteiger partial charge in [-0.05, 0) is 41.5 Å². The largest absolute Gasteiger partial charge is 0.324 e. The van der Waals surface area contributed by atoms with Crippen LogP contribution in [0.4, 0.5) is 5.69 Å². The van der Waals surface area contributed by atoms with Gasteiger partial charge in [0.2, 0.25) is 17.7 Å². The Hall–Kier alpha value is -2.95. The lowest BCUT2D eigenvalue weighted by Crippen LogP contribution is -2.40. The average molecular weight is 372 g/mol. The normalized spacial score (nSPS) is 34.5. The number of hydrogen-bond donors (Lipinski definition) is 1. The maximum absolute atomic E-state index is 13.0. The summed E-state index contributed by atoms with van der Waals surface area (Å²) in [7, 11) is 0. The van der Waals surface area contributed by atoms with Crippen LogP contribution in [-0.2, 0) is 14.4 Å². The van der Waals surface area contributed by atoms with E-state index in [1.54, 1.807) is 0 Å². The number of carbonyl (C=O) groups is 3. The molecule has 3 fully saturated rings. The smallest absolute Gasteiger partial charge is 0.244 e. The van der Waals surface area contributed by atoms with E-state index < -0.39 is 0 Å². The zero-order chi connectivity index (χ0) is 19.0. The van der Waals surface area contributed by atoms with Crippen LogP contribution in [0.15, 0.2) is 54.6 Å². The Labute approximate surface area is 162 Å². The van der Waals surface area contributed by atoms with E-state index in [9.17, 15) is 14.4 Å². The van der Waals surface area contributed by atoms with E-state index in [1.165, 1.54) is 4.90 Å². The molecule has 5 nitrogen and oxygen atoms in total. The fourth-order valence-corrected chi connectivity index (χ4v) is 5.84. The van der Waals surface area contributed by atoms with Gasteiger partial charge in [-0.25, -0.2) is 0 Å². The van der Waals surface area contributed by atoms with Gasteiger partial charge in [-0.15, -0.1) is 0 Å². The highest BCUT2D eigenvalue weighted by Gasteiger charge is 2.67. The number of rotatable bonds is 3. The lowest BCUT2D eigenvalue weighted by Gasteiger charge is -2.37. The second-order valence-corrected chi connectivity index (χ2v) is 8.49. The maximum atomic E-state index is 13.0. The topological polar surface area (TPSA) is 66.5 Å². The van der Waals surface area contributed by atoms with Gasteiger partial charge in [0.05, 0.1) is 11.8 Å². The molecule has 140 valence electrons. The van der Waals surface area contributed by atoms with E-state index in [0.29, 0.717) is 17.5 Å². The third-order valence-electron chi connectivity index (χ3n) is 7.12. The van der Waals surface area contributed by atoms with E-state index in [4.69, 9.17) is 0 Å². The first-order chi connectivity index (χ1) is 13.6. The molecule has 2 aromatic rings. The SMILES string of the molecule is O=C(CN1C(=O)C2C3C=CC(C4CC34)C2C1=O)Nc1cccc2ccccc12. The Kier molecular flexibility index (Phi) is 3.17. The number of anilines is 1. The summed E-state index contributed by atoms with van der Waals surface area (Å²) in [4.78, 5) is 39.9. The van der Waals surface area contributed by atoms with Gasteiger partial charge in [0.1, 0.15) is 6.54 Å². The maximum Gasteiger partial charge on any atom is 0.244 e. The predicted molar refractivity (Wildman–Crippen MR) is 104 cm³/mol. The first-order valence-corrected chi connectivity index (χ1v) is 9.94. The monoisotopic (exact) mass is 372 g/mol. The fraction of sp³-hybridized carbons (Fsp3) is 0.348. The van der Waals surface area contributed by atoms with Gasteiger partial charge >= 0.3 is 0 Å². The number of nitrogens with zero attached hydrogens (tertiary/aromatic N) is 1. The van der Waals surface area contributed by atoms with E-state index >= 15 is 0 Å². The van der Waals surface area contributed by atoms with E-state index in [0.717, 1.165) is 17.2 Å². The summed E-state index contributed by atoms with van der Waals surface area (Å²) >= 11 is 0. The summed E-state index contributed by atoms with van der Waals surface area (Å²) in [5, 5.41) is 4.86. The quantitative estimate of drug-likeness (QED) is 0.666. The molecule has 0 spiro atoms. The van der Waals surface area contributed by atoms with Crippen LogP contribution >= 0.6 is 0 Å². The van der Waals surface area contributed by atoms with Crippen LogP contribution in [0.5, 0.6) is 0 Å². The molecule has 2 aromatic carbocycles. The van der Waals surface area contributed by atoms with Crippen LogP contribution in [0.2, 0.25) is 0 Å². The Morgan fingerprint density at radius 1 is 0.929 bits per heavy atom. The molecule has 1 heterocycles. The second kappa shape index (κ2) is 5.53. The molecule has 28 heavy (non-hydrogen) atoms. The molecule has 0 aromatic heterocycles. The molecule has 1 saturated heterocycles. The van der Waals surface area contributed by atoms with Crippen LogP contribution < -0.4 is 5.32 Å². The van der Waals surface area contributed by atoms with Crippen LogP contribution in [0.3, 0.4) is 0 Å². The molecule has 4 aliphatic carbocycles. The molecule has 6 atom stereocenters. The molecule has 5 heteroatoms. The highest BCUT2D eigenvalue weighted by Crippen LogP contribution is 2.65. The lowest BCUT2D eigenvalue weighted by molar-refractivity contribution is -0.142. The fourth-order valence-electron chi connectivity index (χ4n) is 5.84. The molecule has 3 amide bonds. The third-order valence-corrected chi connectivity index (χ3v) is 7.12. The number of likely N-dealkylation sites (tertiary alicyclic amines) is 1. The number of nitrogens with one attached hydrogen (secondary N) is 1. The zero-order valence-electron chi connectivity index (χ0n) is 15.2. The summed E-state index contributed by atoms with van der Waals surface area (Å²) in [6.07, 6.45) is 5.42. The highest BCUT2D eigenvalue weighted by molar-refractivity contribution is 6.10. The van der Waals surface area contributed by atoms with Crippen molar-refractivity contribution < 1.29 is 14.4 Å². The molecule has 1 N–H and O–H groups in total. The number of fused-ring (bicyclic) bond motifs is 1. The van der Waals surface area contributed by atoms with Crippen molar-refractivity contribution in [1.29, 1.82) is 0 Å². The number of benzene rings is 2. The summed E-state index contributed by atoms with van der Waals surface area (Å²) in [6, 6.07) is 13.5. The number of allylic oxidation sites excluding steroid dienone is 2. The highest BCUT2D eigenvalue weighted by atomic mass is 16.2. The van der Waals surface area contributed by atoms with Crippen molar-refractivity contribution in [2.45, 2.75) is 6.42 Å². The Morgan fingerprint density at radius 3 is 2.29 bits per heavy atom. The second-order valence-electron chi connectivity index (χ2n) is 8.49. The summed E-state index contributed by atoms with van der Waals surface area (Å²) < 4.78 is 0. The molecule has 5 aliphatic rings. The van der Waals surface area contributed by atoms with Crippen molar-refractivity contribution >= 4 is 34.2 Å². The number of hydrogen-bond acceptors (Lipinski definition) is 3. The van der Waals surface area contributed by atoms with E-state index in [-0.39, 0.29) is 47.9 Å². The molecule has 2 bridgehead atoms. The molecular formula is C23H20N2O3. The number of carbonyl (C=O) groups excluding carboxylic acids is 3. The Morgan fingerprint density at radius 2 is 1.57 bits per heavy atom. The molecular weight excluding hydrogens is 352 g/mol. The lowest BCUT2D eigenvalue weighted by atomic mass is 9.63. The Bertz CT molecular complexity index is 1030. The van der Waals surface area contributed by atoms with Gasteiger partial charge in [-0.1, -0.05) is 48.6 Å². The number of amides is 3. The Balaban J connectivity index is 1.23. The van der Waals surface area contributed by atoms with Crippen molar-refractivity contribution in [1.82, 2.24) is 4.90 Å². The minimum Gasteiger partial charge on any atom is -0.324 e. The van der Waals surface area contributed by atoms with E-state index in [2.05, 4.69) is 17.5 Å². The average Bonchev–Trinajstić information content (AvgIpc) is 3.49. The van der Waals surface area contributed by atoms with Crippen molar-refractivity contribution in [3.05, 3.63) is 54.6 Å². The summed E-state index contributed by atoms with van der Waals surface area (Å²) in [6.45, 7) is -0.206. The van der Waals surface area contributed by atoms with Crippen molar-refractivity contribution in [3.8, 4) is 0 Å². The summed E-state index contributed by atoms with van der Waals surface area (Å²) in [5.74, 6) is 0.344. The van der Waals surface area contributed by atoms with Gasteiger partial charge in [-0.2, -0.15) is 0 Å². The molecule has 7 rings (SSSR count). The summed E-state index contributed by atoms with van der Waals surface area (Å²) in [5.41, 5.74) is 0.697. The zero-order valence-corrected chi connectivity index (χ0v) is 15.2. The van der Waals surface area contributed by atoms with Crippen molar-refractivity contribution in [2.24, 2.45) is 35.5 Å². The van der Waals surface area contributed by atoms with E-state index in [1.807, 2.05) is 42.5 Å². The van der Waals surface area contributed by atoms with Crippen molar-refractivity contribution in [3.63, 3.8) is 0 Å². The van der Waals surface area contributed by atoms with Crippen LogP contribution in [0, 0.1) is 35.5 Å². The van der Waals surface area contributed by atoms with Crippen LogP contribution in [0.1, 0.15) is 6.42 Å². The predicted octanol–water partition coefficient (Wildman–Crippen LogP) is 2.83. The molecule has 0 radical (unpaired) electrons. The number of imide groups is 1. The van der Waals surface area contributed by atoms with Gasteiger partial charge in [0, 0.05) is 11.1 Å². The van der Waals surface area contributed by atoms with Crippen molar-refractivity contribution in [2.75, 3.05) is 11.9 Å². The first kappa shape index (κ1) is 16.0. The minimum atomic E-state index is -0.331. The molecule has 1 aliphatic heterocycles. The van der Waals surface area contributed by atoms with Crippen LogP contribution in [-0.4, -0.2) is 29.2 Å². The van der Waals surface area contributed by atoms with Gasteiger partial charge in [0.25, 0.3) is 0 Å². The molecule has 6 unspecified atom stereocenters. The van der Waals surface area contributed by atoms with Crippen LogP contribution in [0.25, 0.3) is 10.8 Å². The molecule has 2 saturated carbocycles. The van der Waals surface area contributed by atoms with Gasteiger partial charge < -0.3 is 5.32 Å². The minimum absolute atomic E-state index is 0.159. The van der Waals surface area contributed by atoms with Gasteiger partial charge in [-0.3, -0.25) is 19.3 Å². The first-order valence-electron chi connectivity index (χ1n) is 9.94.